The van der Waals surface area contributed by atoms with Crippen LogP contribution in [0.4, 0.5) is 5.69 Å². The molecular weight excluding hydrogens is 356 g/mol. The molecule has 1 atom stereocenters. The second kappa shape index (κ2) is 8.02. The van der Waals surface area contributed by atoms with Crippen LogP contribution in [0.2, 0.25) is 0 Å². The summed E-state index contributed by atoms with van der Waals surface area (Å²) in [7, 11) is 0. The summed E-state index contributed by atoms with van der Waals surface area (Å²) in [5.74, 6) is 0.709. The Morgan fingerprint density at radius 2 is 1.79 bits per heavy atom. The molecule has 2 aromatic carbocycles. The minimum atomic E-state index is -0.988. The number of para-hydroxylation sites is 3. The fourth-order valence-electron chi connectivity index (χ4n) is 3.38. The first-order chi connectivity index (χ1) is 13.7. The number of nitrogens with one attached hydrogen (secondary N) is 2. The zero-order valence-corrected chi connectivity index (χ0v) is 15.6. The predicted octanol–water partition coefficient (Wildman–Crippen LogP) is 3.49. The number of carbonyl (C=O) groups is 2. The van der Waals surface area contributed by atoms with Gasteiger partial charge in [-0.05, 0) is 49.9 Å². The van der Waals surface area contributed by atoms with Gasteiger partial charge in [0.15, 0.2) is 5.75 Å². The molecule has 6 nitrogen and oxygen atoms in total. The minimum Gasteiger partial charge on any atom is -0.455 e. The third-order valence-electron chi connectivity index (χ3n) is 5.24. The molecule has 6 heteroatoms. The van der Waals surface area contributed by atoms with Gasteiger partial charge in [-0.1, -0.05) is 30.3 Å². The van der Waals surface area contributed by atoms with Gasteiger partial charge in [-0.3, -0.25) is 9.59 Å². The van der Waals surface area contributed by atoms with Crippen LogP contribution >= 0.6 is 0 Å². The van der Waals surface area contributed by atoms with E-state index in [1.165, 1.54) is 0 Å². The van der Waals surface area contributed by atoms with E-state index in [9.17, 15) is 9.59 Å². The standard InChI is InChI=1S/C22H24N2O4/c25-20(23-15-17-9-6-14-27-17)22(12-13-22)21(26)24-18-10-4-5-11-19(18)28-16-7-2-1-3-8-16/h1-5,7-8,10-11,17H,6,9,12-15H2,(H,23,25)(H,24,26). The monoisotopic (exact) mass is 380 g/mol. The predicted molar refractivity (Wildman–Crippen MR) is 105 cm³/mol. The lowest BCUT2D eigenvalue weighted by Crippen LogP contribution is -2.42. The van der Waals surface area contributed by atoms with E-state index in [2.05, 4.69) is 10.6 Å². The summed E-state index contributed by atoms with van der Waals surface area (Å²) in [5.41, 5.74) is -0.437. The van der Waals surface area contributed by atoms with Gasteiger partial charge in [0.05, 0.1) is 11.8 Å². The average molecular weight is 380 g/mol. The lowest BCUT2D eigenvalue weighted by molar-refractivity contribution is -0.134. The number of rotatable bonds is 7. The highest BCUT2D eigenvalue weighted by Crippen LogP contribution is 2.47. The Bertz CT molecular complexity index is 843. The van der Waals surface area contributed by atoms with Gasteiger partial charge in [-0.25, -0.2) is 0 Å². The third kappa shape index (κ3) is 4.02. The summed E-state index contributed by atoms with van der Waals surface area (Å²) in [6.45, 7) is 1.20. The zero-order chi connectivity index (χ0) is 19.4. The molecular formula is C22H24N2O4. The molecule has 1 aliphatic carbocycles. The Morgan fingerprint density at radius 1 is 1.04 bits per heavy atom. The number of hydrogen-bond acceptors (Lipinski definition) is 4. The van der Waals surface area contributed by atoms with Crippen molar-refractivity contribution < 1.29 is 19.1 Å². The van der Waals surface area contributed by atoms with E-state index in [-0.39, 0.29) is 17.9 Å². The van der Waals surface area contributed by atoms with Gasteiger partial charge in [0.25, 0.3) is 0 Å². The largest absolute Gasteiger partial charge is 0.455 e. The molecule has 2 fully saturated rings. The van der Waals surface area contributed by atoms with E-state index in [0.29, 0.717) is 36.6 Å². The van der Waals surface area contributed by atoms with E-state index >= 15 is 0 Å². The van der Waals surface area contributed by atoms with Crippen LogP contribution in [-0.4, -0.2) is 31.1 Å². The second-order valence-electron chi connectivity index (χ2n) is 7.29. The molecule has 146 valence electrons. The van der Waals surface area contributed by atoms with E-state index < -0.39 is 5.41 Å². The van der Waals surface area contributed by atoms with Crippen LogP contribution in [0.5, 0.6) is 11.5 Å². The van der Waals surface area contributed by atoms with Crippen molar-refractivity contribution in [3.05, 3.63) is 54.6 Å². The molecule has 0 radical (unpaired) electrons. The normalized spacial score (nSPS) is 19.6. The summed E-state index contributed by atoms with van der Waals surface area (Å²) in [4.78, 5) is 25.5. The van der Waals surface area contributed by atoms with Crippen molar-refractivity contribution in [1.82, 2.24) is 5.32 Å². The number of benzene rings is 2. The first kappa shape index (κ1) is 18.5. The molecule has 0 bridgehead atoms. The summed E-state index contributed by atoms with van der Waals surface area (Å²) >= 11 is 0. The van der Waals surface area contributed by atoms with Gasteiger partial charge in [-0.15, -0.1) is 0 Å². The Labute approximate surface area is 164 Å². The Balaban J connectivity index is 1.41. The Hall–Kier alpha value is -2.86. The van der Waals surface area contributed by atoms with Crippen LogP contribution in [0.1, 0.15) is 25.7 Å². The smallest absolute Gasteiger partial charge is 0.240 e. The molecule has 1 unspecified atom stereocenters. The van der Waals surface area contributed by atoms with Gasteiger partial charge in [0.2, 0.25) is 11.8 Å². The van der Waals surface area contributed by atoms with E-state index in [1.54, 1.807) is 12.1 Å². The minimum absolute atomic E-state index is 0.0582. The maximum atomic E-state index is 12.9. The maximum absolute atomic E-state index is 12.9. The van der Waals surface area contributed by atoms with Crippen LogP contribution in [-0.2, 0) is 14.3 Å². The highest BCUT2D eigenvalue weighted by atomic mass is 16.5. The number of anilines is 1. The topological polar surface area (TPSA) is 76.7 Å². The van der Waals surface area contributed by atoms with E-state index in [1.807, 2.05) is 42.5 Å². The van der Waals surface area contributed by atoms with Crippen LogP contribution < -0.4 is 15.4 Å². The molecule has 0 spiro atoms. The van der Waals surface area contributed by atoms with Crippen LogP contribution in [0, 0.1) is 5.41 Å². The van der Waals surface area contributed by atoms with E-state index in [0.717, 1.165) is 19.4 Å². The van der Waals surface area contributed by atoms with Crippen molar-refractivity contribution in [2.45, 2.75) is 31.8 Å². The highest BCUT2D eigenvalue weighted by Gasteiger charge is 2.56. The van der Waals surface area contributed by atoms with Crippen LogP contribution in [0.25, 0.3) is 0 Å². The molecule has 2 amide bonds. The molecule has 1 heterocycles. The molecule has 2 N–H and O–H groups in total. The van der Waals surface area contributed by atoms with Crippen molar-refractivity contribution in [3.8, 4) is 11.5 Å². The molecule has 1 saturated heterocycles. The number of amides is 2. The fourth-order valence-corrected chi connectivity index (χ4v) is 3.38. The first-order valence-electron chi connectivity index (χ1n) is 9.71. The third-order valence-corrected chi connectivity index (χ3v) is 5.24. The van der Waals surface area contributed by atoms with Crippen molar-refractivity contribution in [2.24, 2.45) is 5.41 Å². The van der Waals surface area contributed by atoms with E-state index in [4.69, 9.17) is 9.47 Å². The summed E-state index contributed by atoms with van der Waals surface area (Å²) in [6, 6.07) is 16.6. The van der Waals surface area contributed by atoms with Gasteiger partial charge in [0.1, 0.15) is 11.2 Å². The van der Waals surface area contributed by atoms with Crippen molar-refractivity contribution in [1.29, 1.82) is 0 Å². The lowest BCUT2D eigenvalue weighted by Gasteiger charge is -2.18. The first-order valence-corrected chi connectivity index (χ1v) is 9.71. The Morgan fingerprint density at radius 3 is 2.50 bits per heavy atom. The van der Waals surface area contributed by atoms with Gasteiger partial charge in [-0.2, -0.15) is 0 Å². The van der Waals surface area contributed by atoms with Gasteiger partial charge < -0.3 is 20.1 Å². The highest BCUT2D eigenvalue weighted by molar-refractivity contribution is 6.13. The van der Waals surface area contributed by atoms with Gasteiger partial charge in [0, 0.05) is 13.2 Å². The number of hydrogen-bond donors (Lipinski definition) is 2. The number of ether oxygens (including phenoxy) is 2. The van der Waals surface area contributed by atoms with Crippen molar-refractivity contribution >= 4 is 17.5 Å². The quantitative estimate of drug-likeness (QED) is 0.721. The molecule has 2 aliphatic rings. The van der Waals surface area contributed by atoms with Crippen LogP contribution in [0.15, 0.2) is 54.6 Å². The molecule has 1 aliphatic heterocycles. The lowest BCUT2D eigenvalue weighted by atomic mass is 10.0. The Kier molecular flexibility index (Phi) is 5.30. The SMILES string of the molecule is O=C(NCC1CCCO1)C1(C(=O)Nc2ccccc2Oc2ccccc2)CC1. The molecule has 28 heavy (non-hydrogen) atoms. The number of carbonyl (C=O) groups excluding carboxylic acids is 2. The summed E-state index contributed by atoms with van der Waals surface area (Å²) in [5, 5.41) is 5.78. The second-order valence-corrected chi connectivity index (χ2v) is 7.29. The summed E-state index contributed by atoms with van der Waals surface area (Å²) < 4.78 is 11.4. The maximum Gasteiger partial charge on any atom is 0.240 e. The summed E-state index contributed by atoms with van der Waals surface area (Å²) in [6.07, 6.45) is 3.13. The molecule has 1 saturated carbocycles. The van der Waals surface area contributed by atoms with Gasteiger partial charge >= 0.3 is 0 Å². The van der Waals surface area contributed by atoms with Crippen molar-refractivity contribution in [2.75, 3.05) is 18.5 Å². The fraction of sp³-hybridized carbons (Fsp3) is 0.364. The van der Waals surface area contributed by atoms with Crippen molar-refractivity contribution in [3.63, 3.8) is 0 Å². The molecule has 4 rings (SSSR count). The zero-order valence-electron chi connectivity index (χ0n) is 15.6. The average Bonchev–Trinajstić information content (AvgIpc) is 3.37. The van der Waals surface area contributed by atoms with Crippen LogP contribution in [0.3, 0.4) is 0 Å². The molecule has 2 aromatic rings. The molecule has 0 aromatic heterocycles.